The summed E-state index contributed by atoms with van der Waals surface area (Å²) in [6, 6.07) is 10.6. The summed E-state index contributed by atoms with van der Waals surface area (Å²) in [5.41, 5.74) is 6.60. The summed E-state index contributed by atoms with van der Waals surface area (Å²) in [4.78, 5) is 15.1. The van der Waals surface area contributed by atoms with Crippen LogP contribution in [0.15, 0.2) is 36.4 Å². The summed E-state index contributed by atoms with van der Waals surface area (Å²) >= 11 is 12.0. The number of nitrogen functional groups attached to an aromatic ring is 1. The zero-order chi connectivity index (χ0) is 23.6. The smallest absolute Gasteiger partial charge is 0.255 e. The summed E-state index contributed by atoms with van der Waals surface area (Å²) in [5.74, 6) is 1.60. The van der Waals surface area contributed by atoms with Crippen molar-refractivity contribution in [2.24, 2.45) is 5.92 Å². The Morgan fingerprint density at radius 3 is 2.55 bits per heavy atom. The fourth-order valence-electron chi connectivity index (χ4n) is 4.00. The van der Waals surface area contributed by atoms with Crippen LogP contribution in [0.4, 0.5) is 5.69 Å². The Morgan fingerprint density at radius 1 is 1.12 bits per heavy atom. The summed E-state index contributed by atoms with van der Waals surface area (Å²) in [6.45, 7) is 4.63. The van der Waals surface area contributed by atoms with E-state index in [0.717, 1.165) is 62.7 Å². The van der Waals surface area contributed by atoms with Crippen LogP contribution in [-0.2, 0) is 0 Å². The molecular formula is C25H33Cl2N3O3. The molecule has 1 saturated heterocycles. The molecule has 6 nitrogen and oxygen atoms in total. The van der Waals surface area contributed by atoms with Gasteiger partial charge in [0.2, 0.25) is 0 Å². The van der Waals surface area contributed by atoms with Gasteiger partial charge in [-0.1, -0.05) is 23.2 Å². The minimum atomic E-state index is -0.183. The highest BCUT2D eigenvalue weighted by atomic mass is 35.5. The van der Waals surface area contributed by atoms with Crippen LogP contribution in [0.2, 0.25) is 10.0 Å². The average molecular weight is 494 g/mol. The van der Waals surface area contributed by atoms with Crippen LogP contribution in [-0.4, -0.2) is 50.7 Å². The normalized spacial score (nSPS) is 14.8. The molecule has 8 heteroatoms. The molecule has 0 aromatic heterocycles. The van der Waals surface area contributed by atoms with Gasteiger partial charge in [-0.2, -0.15) is 0 Å². The van der Waals surface area contributed by atoms with Gasteiger partial charge in [0.05, 0.1) is 30.0 Å². The maximum atomic E-state index is 12.6. The second-order valence-corrected chi connectivity index (χ2v) is 9.28. The molecule has 1 aliphatic rings. The zero-order valence-corrected chi connectivity index (χ0v) is 20.6. The third-order valence-corrected chi connectivity index (χ3v) is 6.60. The minimum Gasteiger partial charge on any atom is -0.496 e. The highest BCUT2D eigenvalue weighted by molar-refractivity contribution is 6.33. The molecule has 1 aliphatic heterocycles. The Morgan fingerprint density at radius 2 is 1.85 bits per heavy atom. The minimum absolute atomic E-state index is 0.183. The van der Waals surface area contributed by atoms with Gasteiger partial charge in [-0.05, 0) is 88.0 Å². The van der Waals surface area contributed by atoms with Crippen molar-refractivity contribution in [3.63, 3.8) is 0 Å². The quantitative estimate of drug-likeness (QED) is 0.329. The molecule has 180 valence electrons. The Balaban J connectivity index is 1.28. The Bertz CT molecular complexity index is 901. The standard InChI is InChI=1S/C25H33Cl2N3O3/c1-32-24-16-23(28)22(27)15-21(24)25(31)29-17-18-9-12-30(13-10-18)11-3-2-4-14-33-20-7-5-19(26)6-8-20/h5-8,15-16,18H,2-4,9-14,17,28H2,1H3,(H,29,31). The molecular weight excluding hydrogens is 461 g/mol. The van der Waals surface area contributed by atoms with Gasteiger partial charge in [0.15, 0.2) is 0 Å². The molecule has 0 unspecified atom stereocenters. The van der Waals surface area contributed by atoms with Crippen molar-refractivity contribution in [3.8, 4) is 11.5 Å². The van der Waals surface area contributed by atoms with Gasteiger partial charge in [0.1, 0.15) is 11.5 Å². The van der Waals surface area contributed by atoms with Crippen LogP contribution < -0.4 is 20.5 Å². The number of halogens is 2. The molecule has 1 amide bonds. The molecule has 3 rings (SSSR count). The molecule has 1 fully saturated rings. The van der Waals surface area contributed by atoms with Gasteiger partial charge in [-0.25, -0.2) is 0 Å². The SMILES string of the molecule is COc1cc(N)c(Cl)cc1C(=O)NCC1CCN(CCCCCOc2ccc(Cl)cc2)CC1. The fraction of sp³-hybridized carbons (Fsp3) is 0.480. The van der Waals surface area contributed by atoms with Crippen LogP contribution in [0.5, 0.6) is 11.5 Å². The first kappa shape index (κ1) is 25.5. The van der Waals surface area contributed by atoms with Crippen LogP contribution in [0, 0.1) is 5.92 Å². The third kappa shape index (κ3) is 7.98. The number of nitrogens with one attached hydrogen (secondary N) is 1. The second-order valence-electron chi connectivity index (χ2n) is 8.43. The maximum absolute atomic E-state index is 12.6. The van der Waals surface area contributed by atoms with E-state index in [-0.39, 0.29) is 5.91 Å². The van der Waals surface area contributed by atoms with Crippen molar-refractivity contribution >= 4 is 34.8 Å². The number of ether oxygens (including phenoxy) is 2. The second kappa shape index (κ2) is 12.9. The molecule has 33 heavy (non-hydrogen) atoms. The Labute approximate surface area is 206 Å². The van der Waals surface area contributed by atoms with Crippen LogP contribution in [0.3, 0.4) is 0 Å². The molecule has 0 saturated carbocycles. The number of likely N-dealkylation sites (tertiary alicyclic amines) is 1. The van der Waals surface area contributed by atoms with Gasteiger partial charge in [-0.15, -0.1) is 0 Å². The topological polar surface area (TPSA) is 76.8 Å². The van der Waals surface area contributed by atoms with E-state index in [1.165, 1.54) is 13.5 Å². The Kier molecular flexibility index (Phi) is 9.97. The van der Waals surface area contributed by atoms with Crippen molar-refractivity contribution in [1.82, 2.24) is 10.2 Å². The number of hydrogen-bond donors (Lipinski definition) is 2. The number of nitrogens with two attached hydrogens (primary N) is 1. The number of hydrogen-bond acceptors (Lipinski definition) is 5. The van der Waals surface area contributed by atoms with E-state index in [4.69, 9.17) is 38.4 Å². The lowest BCUT2D eigenvalue weighted by Crippen LogP contribution is -2.39. The molecule has 2 aromatic rings. The Hall–Kier alpha value is -2.15. The van der Waals surface area contributed by atoms with E-state index < -0.39 is 0 Å². The van der Waals surface area contributed by atoms with Crippen molar-refractivity contribution in [1.29, 1.82) is 0 Å². The van der Waals surface area contributed by atoms with Crippen LogP contribution in [0.1, 0.15) is 42.5 Å². The average Bonchev–Trinajstić information content (AvgIpc) is 2.83. The molecule has 0 radical (unpaired) electrons. The van der Waals surface area contributed by atoms with Gasteiger partial charge in [0.25, 0.3) is 5.91 Å². The zero-order valence-electron chi connectivity index (χ0n) is 19.1. The number of piperidine rings is 1. The number of carbonyl (C=O) groups is 1. The fourth-order valence-corrected chi connectivity index (χ4v) is 4.29. The summed E-state index contributed by atoms with van der Waals surface area (Å²) < 4.78 is 11.0. The van der Waals surface area contributed by atoms with E-state index >= 15 is 0 Å². The number of benzene rings is 2. The van der Waals surface area contributed by atoms with Gasteiger partial charge in [0, 0.05) is 17.6 Å². The number of amides is 1. The summed E-state index contributed by atoms with van der Waals surface area (Å²) in [5, 5.41) is 4.10. The molecule has 3 N–H and O–H groups in total. The number of carbonyl (C=O) groups excluding carboxylic acids is 1. The first-order valence-electron chi connectivity index (χ1n) is 11.5. The van der Waals surface area contributed by atoms with Gasteiger partial charge >= 0.3 is 0 Å². The van der Waals surface area contributed by atoms with Crippen molar-refractivity contribution < 1.29 is 14.3 Å². The molecule has 0 aliphatic carbocycles. The summed E-state index contributed by atoms with van der Waals surface area (Å²) in [7, 11) is 1.52. The molecule has 0 atom stereocenters. The van der Waals surface area contributed by atoms with E-state index in [2.05, 4.69) is 10.2 Å². The van der Waals surface area contributed by atoms with E-state index in [1.54, 1.807) is 12.1 Å². The summed E-state index contributed by atoms with van der Waals surface area (Å²) in [6.07, 6.45) is 5.53. The van der Waals surface area contributed by atoms with Crippen molar-refractivity contribution in [2.75, 3.05) is 45.6 Å². The molecule has 2 aromatic carbocycles. The van der Waals surface area contributed by atoms with Gasteiger partial charge in [-0.3, -0.25) is 4.79 Å². The number of nitrogens with zero attached hydrogens (tertiary/aromatic N) is 1. The predicted octanol–water partition coefficient (Wildman–Crippen LogP) is 5.28. The number of unbranched alkanes of at least 4 members (excludes halogenated alkanes) is 2. The van der Waals surface area contributed by atoms with E-state index in [9.17, 15) is 4.79 Å². The number of rotatable bonds is 11. The van der Waals surface area contributed by atoms with Crippen LogP contribution >= 0.6 is 23.2 Å². The number of anilines is 1. The predicted molar refractivity (Wildman–Crippen MR) is 135 cm³/mol. The molecule has 0 bridgehead atoms. The molecule has 1 heterocycles. The van der Waals surface area contributed by atoms with E-state index in [0.29, 0.717) is 34.5 Å². The van der Waals surface area contributed by atoms with Gasteiger partial charge < -0.3 is 25.4 Å². The maximum Gasteiger partial charge on any atom is 0.255 e. The largest absolute Gasteiger partial charge is 0.496 e. The van der Waals surface area contributed by atoms with Crippen molar-refractivity contribution in [3.05, 3.63) is 52.0 Å². The monoisotopic (exact) mass is 493 g/mol. The number of methoxy groups -OCH3 is 1. The lowest BCUT2D eigenvalue weighted by atomic mass is 9.96. The van der Waals surface area contributed by atoms with Crippen LogP contribution in [0.25, 0.3) is 0 Å². The van der Waals surface area contributed by atoms with E-state index in [1.807, 2.05) is 24.3 Å². The highest BCUT2D eigenvalue weighted by Crippen LogP contribution is 2.29. The third-order valence-electron chi connectivity index (χ3n) is 6.02. The van der Waals surface area contributed by atoms with Crippen molar-refractivity contribution in [2.45, 2.75) is 32.1 Å². The first-order chi connectivity index (χ1) is 16.0. The lowest BCUT2D eigenvalue weighted by molar-refractivity contribution is 0.0933. The first-order valence-corrected chi connectivity index (χ1v) is 12.2. The lowest BCUT2D eigenvalue weighted by Gasteiger charge is -2.32. The highest BCUT2D eigenvalue weighted by Gasteiger charge is 2.21. The molecule has 0 spiro atoms.